The van der Waals surface area contributed by atoms with Gasteiger partial charge < -0.3 is 23.5 Å². The number of aryl methyl sites for hydroxylation is 1. The van der Waals surface area contributed by atoms with E-state index in [9.17, 15) is 0 Å². The Bertz CT molecular complexity index is 1300. The summed E-state index contributed by atoms with van der Waals surface area (Å²) in [6.45, 7) is 5.16. The van der Waals surface area contributed by atoms with Crippen molar-refractivity contribution in [1.29, 1.82) is 0 Å². The van der Waals surface area contributed by atoms with Gasteiger partial charge in [-0.05, 0) is 60.4 Å². The van der Waals surface area contributed by atoms with E-state index < -0.39 is 0 Å². The molecule has 1 heterocycles. The molecule has 0 radical (unpaired) electrons. The lowest BCUT2D eigenvalue weighted by Gasteiger charge is -2.14. The third-order valence-corrected chi connectivity index (χ3v) is 5.94. The predicted octanol–water partition coefficient (Wildman–Crippen LogP) is 5.85. The molecule has 0 atom stereocenters. The van der Waals surface area contributed by atoms with Gasteiger partial charge in [-0.1, -0.05) is 30.3 Å². The second-order valence-electron chi connectivity index (χ2n) is 8.21. The number of ether oxygens (including phenoxy) is 4. The van der Waals surface area contributed by atoms with Crippen molar-refractivity contribution in [3.05, 3.63) is 90.3 Å². The predicted molar refractivity (Wildman–Crippen MR) is 139 cm³/mol. The zero-order valence-electron chi connectivity index (χ0n) is 20.6. The topological polar surface area (TPSA) is 54.7 Å². The zero-order chi connectivity index (χ0) is 24.6. The van der Waals surface area contributed by atoms with Gasteiger partial charge in [-0.2, -0.15) is 0 Å². The van der Waals surface area contributed by atoms with Gasteiger partial charge in [0.15, 0.2) is 23.0 Å². The molecule has 0 aliphatic rings. The van der Waals surface area contributed by atoms with Crippen LogP contribution >= 0.6 is 0 Å². The molecule has 0 unspecified atom stereocenters. The van der Waals surface area contributed by atoms with E-state index in [-0.39, 0.29) is 0 Å². The van der Waals surface area contributed by atoms with E-state index in [4.69, 9.17) is 23.9 Å². The number of methoxy groups -OCH3 is 3. The van der Waals surface area contributed by atoms with Crippen molar-refractivity contribution < 1.29 is 18.9 Å². The van der Waals surface area contributed by atoms with Crippen LogP contribution in [0.3, 0.4) is 0 Å². The molecule has 0 N–H and O–H groups in total. The SMILES string of the molecule is C=CCc1ccc(OCCCn2c(Cc3ccc(OC)c(OC)c3)nc3ccccc32)c(OC)c1. The van der Waals surface area contributed by atoms with Crippen molar-refractivity contribution >= 4 is 11.0 Å². The molecule has 0 amide bonds. The Kier molecular flexibility index (Phi) is 7.93. The minimum Gasteiger partial charge on any atom is -0.493 e. The standard InChI is InChI=1S/C29H32N2O4/c1-5-9-21-12-15-26(28(18-21)34-4)35-17-8-16-31-24-11-7-6-10-23(24)30-29(31)20-22-13-14-25(32-2)27(19-22)33-3/h5-7,10-15,18-19H,1,8-9,16-17,20H2,2-4H3. The van der Waals surface area contributed by atoms with E-state index in [1.807, 2.05) is 48.5 Å². The molecule has 6 heteroatoms. The first-order valence-electron chi connectivity index (χ1n) is 11.7. The molecule has 4 aromatic rings. The quantitative estimate of drug-likeness (QED) is 0.191. The van der Waals surface area contributed by atoms with E-state index in [0.29, 0.717) is 18.8 Å². The van der Waals surface area contributed by atoms with E-state index in [1.165, 1.54) is 0 Å². The summed E-state index contributed by atoms with van der Waals surface area (Å²) < 4.78 is 24.7. The van der Waals surface area contributed by atoms with Crippen LogP contribution in [0, 0.1) is 0 Å². The molecule has 0 aliphatic carbocycles. The smallest absolute Gasteiger partial charge is 0.161 e. The largest absolute Gasteiger partial charge is 0.493 e. The molecule has 0 spiro atoms. The number of para-hydroxylation sites is 2. The highest BCUT2D eigenvalue weighted by molar-refractivity contribution is 5.76. The van der Waals surface area contributed by atoms with E-state index in [1.54, 1.807) is 21.3 Å². The van der Waals surface area contributed by atoms with Crippen molar-refractivity contribution in [2.24, 2.45) is 0 Å². The average molecular weight is 473 g/mol. The first-order chi connectivity index (χ1) is 17.2. The van der Waals surface area contributed by atoms with Crippen LogP contribution in [0.5, 0.6) is 23.0 Å². The highest BCUT2D eigenvalue weighted by Crippen LogP contribution is 2.30. The van der Waals surface area contributed by atoms with Gasteiger partial charge in [0.25, 0.3) is 0 Å². The second kappa shape index (κ2) is 11.5. The number of aromatic nitrogens is 2. The Morgan fingerprint density at radius 1 is 0.829 bits per heavy atom. The normalized spacial score (nSPS) is 10.8. The van der Waals surface area contributed by atoms with Crippen molar-refractivity contribution in [1.82, 2.24) is 9.55 Å². The lowest BCUT2D eigenvalue weighted by molar-refractivity contribution is 0.282. The Hall–Kier alpha value is -3.93. The van der Waals surface area contributed by atoms with Crippen LogP contribution in [0.15, 0.2) is 73.3 Å². The number of imidazole rings is 1. The summed E-state index contributed by atoms with van der Waals surface area (Å²) in [7, 11) is 4.96. The van der Waals surface area contributed by atoms with Gasteiger partial charge in [0.1, 0.15) is 5.82 Å². The zero-order valence-corrected chi connectivity index (χ0v) is 20.6. The number of benzene rings is 3. The summed E-state index contributed by atoms with van der Waals surface area (Å²) in [5.74, 6) is 3.93. The van der Waals surface area contributed by atoms with Crippen LogP contribution in [0.2, 0.25) is 0 Å². The van der Waals surface area contributed by atoms with Crippen molar-refractivity contribution in [2.75, 3.05) is 27.9 Å². The van der Waals surface area contributed by atoms with Crippen molar-refractivity contribution in [3.8, 4) is 23.0 Å². The molecule has 0 saturated carbocycles. The lowest BCUT2D eigenvalue weighted by atomic mass is 10.1. The van der Waals surface area contributed by atoms with Gasteiger partial charge in [-0.3, -0.25) is 0 Å². The van der Waals surface area contributed by atoms with Crippen LogP contribution in [0.1, 0.15) is 23.4 Å². The molecular weight excluding hydrogens is 440 g/mol. The van der Waals surface area contributed by atoms with Gasteiger partial charge in [0.05, 0.1) is 39.0 Å². The Morgan fingerprint density at radius 2 is 1.51 bits per heavy atom. The van der Waals surface area contributed by atoms with E-state index >= 15 is 0 Å². The molecule has 0 fully saturated rings. The Morgan fingerprint density at radius 3 is 2.29 bits per heavy atom. The van der Waals surface area contributed by atoms with Crippen molar-refractivity contribution in [3.63, 3.8) is 0 Å². The Labute approximate surface area is 206 Å². The molecular formula is C29H32N2O4. The third-order valence-electron chi connectivity index (χ3n) is 5.94. The number of fused-ring (bicyclic) bond motifs is 1. The minimum absolute atomic E-state index is 0.569. The van der Waals surface area contributed by atoms with Gasteiger partial charge >= 0.3 is 0 Å². The number of rotatable bonds is 12. The molecule has 6 nitrogen and oxygen atoms in total. The molecule has 0 bridgehead atoms. The van der Waals surface area contributed by atoms with Gasteiger partial charge in [0, 0.05) is 13.0 Å². The van der Waals surface area contributed by atoms with Gasteiger partial charge in [0.2, 0.25) is 0 Å². The first-order valence-corrected chi connectivity index (χ1v) is 11.7. The molecule has 0 saturated heterocycles. The number of allylic oxidation sites excluding steroid dienone is 1. The van der Waals surface area contributed by atoms with Gasteiger partial charge in [-0.15, -0.1) is 6.58 Å². The number of hydrogen-bond acceptors (Lipinski definition) is 5. The second-order valence-corrected chi connectivity index (χ2v) is 8.21. The molecule has 35 heavy (non-hydrogen) atoms. The summed E-state index contributed by atoms with van der Waals surface area (Å²) >= 11 is 0. The fourth-order valence-corrected chi connectivity index (χ4v) is 4.21. The summed E-state index contributed by atoms with van der Waals surface area (Å²) in [5, 5.41) is 0. The molecule has 0 aliphatic heterocycles. The maximum Gasteiger partial charge on any atom is 0.161 e. The fraction of sp³-hybridized carbons (Fsp3) is 0.276. The molecule has 3 aromatic carbocycles. The van der Waals surface area contributed by atoms with Crippen LogP contribution in [0.4, 0.5) is 0 Å². The summed E-state index contributed by atoms with van der Waals surface area (Å²) in [6, 6.07) is 20.2. The van der Waals surface area contributed by atoms with Crippen LogP contribution in [-0.2, 0) is 19.4 Å². The summed E-state index contributed by atoms with van der Waals surface area (Å²) in [5.41, 5.74) is 4.37. The lowest BCUT2D eigenvalue weighted by Crippen LogP contribution is -2.09. The highest BCUT2D eigenvalue weighted by atomic mass is 16.5. The third kappa shape index (κ3) is 5.60. The van der Waals surface area contributed by atoms with Crippen LogP contribution in [0.25, 0.3) is 11.0 Å². The molecule has 1 aromatic heterocycles. The monoisotopic (exact) mass is 472 g/mol. The van der Waals surface area contributed by atoms with E-state index in [2.05, 4.69) is 29.3 Å². The average Bonchev–Trinajstić information content (AvgIpc) is 3.23. The maximum absolute atomic E-state index is 6.07. The minimum atomic E-state index is 0.569. The Balaban J connectivity index is 1.49. The van der Waals surface area contributed by atoms with Crippen molar-refractivity contribution in [2.45, 2.75) is 25.8 Å². The van der Waals surface area contributed by atoms with Crippen LogP contribution < -0.4 is 18.9 Å². The summed E-state index contributed by atoms with van der Waals surface area (Å²) in [4.78, 5) is 4.92. The first kappa shape index (κ1) is 24.2. The van der Waals surface area contributed by atoms with E-state index in [0.717, 1.165) is 64.6 Å². The number of nitrogens with zero attached hydrogens (tertiary/aromatic N) is 2. The highest BCUT2D eigenvalue weighted by Gasteiger charge is 2.13. The maximum atomic E-state index is 6.07. The number of hydrogen-bond donors (Lipinski definition) is 0. The van der Waals surface area contributed by atoms with Gasteiger partial charge in [-0.25, -0.2) is 4.98 Å². The molecule has 182 valence electrons. The molecule has 4 rings (SSSR count). The summed E-state index contributed by atoms with van der Waals surface area (Å²) in [6.07, 6.45) is 4.20. The fourth-order valence-electron chi connectivity index (χ4n) is 4.21. The van der Waals surface area contributed by atoms with Crippen LogP contribution in [-0.4, -0.2) is 37.5 Å².